The van der Waals surface area contributed by atoms with Crippen molar-refractivity contribution in [2.24, 2.45) is 5.92 Å². The van der Waals surface area contributed by atoms with E-state index in [2.05, 4.69) is 41.3 Å². The van der Waals surface area contributed by atoms with Gasteiger partial charge in [-0.25, -0.2) is 0 Å². The molecular weight excluding hydrogens is 394 g/mol. The number of amides is 1. The molecule has 2 aromatic rings. The van der Waals surface area contributed by atoms with E-state index in [0.29, 0.717) is 32.5 Å². The Hall–Kier alpha value is -2.29. The summed E-state index contributed by atoms with van der Waals surface area (Å²) in [5.74, 6) is 0.149. The van der Waals surface area contributed by atoms with E-state index in [4.69, 9.17) is 4.74 Å². The highest BCUT2D eigenvalue weighted by atomic mass is 16.5. The average molecular weight is 430 g/mol. The quantitative estimate of drug-likeness (QED) is 0.756. The van der Waals surface area contributed by atoms with Gasteiger partial charge in [-0.1, -0.05) is 42.5 Å². The minimum atomic E-state index is -0.222. The van der Waals surface area contributed by atoms with Crippen molar-refractivity contribution in [1.82, 2.24) is 24.8 Å². The Bertz CT molecular complexity index is 813. The molecule has 2 heterocycles. The van der Waals surface area contributed by atoms with Crippen LogP contribution in [0.25, 0.3) is 0 Å². The Kier molecular flexibility index (Phi) is 8.57. The molecule has 0 radical (unpaired) electrons. The van der Waals surface area contributed by atoms with Gasteiger partial charge in [0.1, 0.15) is 5.69 Å². The maximum atomic E-state index is 12.9. The van der Waals surface area contributed by atoms with Crippen LogP contribution < -0.4 is 0 Å². The number of hydrogen-bond donors (Lipinski definition) is 1. The van der Waals surface area contributed by atoms with Crippen molar-refractivity contribution in [3.8, 4) is 0 Å². The highest BCUT2D eigenvalue weighted by molar-refractivity contribution is 5.76. The van der Waals surface area contributed by atoms with Gasteiger partial charge in [0.2, 0.25) is 5.91 Å². The van der Waals surface area contributed by atoms with Gasteiger partial charge in [-0.15, -0.1) is 5.10 Å². The van der Waals surface area contributed by atoms with Crippen molar-refractivity contribution >= 4 is 5.91 Å². The van der Waals surface area contributed by atoms with Gasteiger partial charge in [-0.3, -0.25) is 14.4 Å². The number of aliphatic hydroxyl groups excluding tert-OH is 1. The van der Waals surface area contributed by atoms with Crippen molar-refractivity contribution in [2.45, 2.75) is 58.5 Å². The molecule has 3 rings (SSSR count). The topological polar surface area (TPSA) is 83.7 Å². The summed E-state index contributed by atoms with van der Waals surface area (Å²) >= 11 is 0. The molecule has 0 fully saturated rings. The molecule has 2 bridgehead atoms. The summed E-state index contributed by atoms with van der Waals surface area (Å²) < 4.78 is 8.08. The highest BCUT2D eigenvalue weighted by Crippen LogP contribution is 2.18. The van der Waals surface area contributed by atoms with Crippen LogP contribution in [0.1, 0.15) is 37.9 Å². The molecule has 3 atom stereocenters. The first-order chi connectivity index (χ1) is 15.0. The van der Waals surface area contributed by atoms with Crippen LogP contribution in [-0.2, 0) is 29.2 Å². The number of likely N-dealkylation sites (N-methyl/N-ethyl adjacent to an activating group) is 1. The van der Waals surface area contributed by atoms with Crippen molar-refractivity contribution in [1.29, 1.82) is 0 Å². The Balaban J connectivity index is 1.76. The zero-order valence-electron chi connectivity index (χ0n) is 18.9. The van der Waals surface area contributed by atoms with Crippen LogP contribution in [0, 0.1) is 5.92 Å². The van der Waals surface area contributed by atoms with Gasteiger partial charge in [0.05, 0.1) is 31.6 Å². The summed E-state index contributed by atoms with van der Waals surface area (Å²) in [6, 6.07) is 10.1. The van der Waals surface area contributed by atoms with Crippen LogP contribution in [0.4, 0.5) is 0 Å². The molecular formula is C23H35N5O3. The molecule has 1 N–H and O–H groups in total. The Morgan fingerprint density at radius 3 is 2.84 bits per heavy atom. The first kappa shape index (κ1) is 23.4. The van der Waals surface area contributed by atoms with E-state index in [1.165, 1.54) is 5.56 Å². The summed E-state index contributed by atoms with van der Waals surface area (Å²) in [7, 11) is 2.08. The predicted molar refractivity (Wildman–Crippen MR) is 118 cm³/mol. The van der Waals surface area contributed by atoms with E-state index < -0.39 is 0 Å². The minimum Gasteiger partial charge on any atom is -0.394 e. The van der Waals surface area contributed by atoms with Crippen LogP contribution in [0.15, 0.2) is 36.5 Å². The van der Waals surface area contributed by atoms with E-state index >= 15 is 0 Å². The molecule has 0 saturated carbocycles. The van der Waals surface area contributed by atoms with E-state index in [1.54, 1.807) is 4.68 Å². The molecule has 1 aliphatic rings. The lowest BCUT2D eigenvalue weighted by molar-refractivity contribution is -0.136. The Labute approximate surface area is 184 Å². The summed E-state index contributed by atoms with van der Waals surface area (Å²) in [5.41, 5.74) is 2.05. The molecule has 0 spiro atoms. The summed E-state index contributed by atoms with van der Waals surface area (Å²) in [4.78, 5) is 17.0. The van der Waals surface area contributed by atoms with Gasteiger partial charge in [0.15, 0.2) is 0 Å². The molecule has 0 aliphatic carbocycles. The number of aromatic nitrogens is 3. The number of nitrogens with zero attached hydrogens (tertiary/aromatic N) is 5. The lowest BCUT2D eigenvalue weighted by Crippen LogP contribution is -2.47. The zero-order valence-corrected chi connectivity index (χ0v) is 18.9. The fourth-order valence-electron chi connectivity index (χ4n) is 3.96. The maximum absolute atomic E-state index is 12.9. The molecule has 1 aromatic heterocycles. The lowest BCUT2D eigenvalue weighted by atomic mass is 10.0. The standard InChI is InChI=1S/C23H35N5O3/c1-18-12-28(19(2)16-29)23(30)10-7-11-27-14-21(24-25-27)17-31-22(18)15-26(3)13-20-8-5-4-6-9-20/h4-6,8-9,14,18-19,22,29H,7,10-13,15-17H2,1-3H3/t18-,19+,22-/m0/s1. The lowest BCUT2D eigenvalue weighted by Gasteiger charge is -2.35. The molecule has 170 valence electrons. The summed E-state index contributed by atoms with van der Waals surface area (Å²) in [5, 5.41) is 18.1. The normalized spacial score (nSPS) is 22.0. The number of hydrogen-bond acceptors (Lipinski definition) is 6. The fourth-order valence-corrected chi connectivity index (χ4v) is 3.96. The van der Waals surface area contributed by atoms with Crippen LogP contribution in [0.5, 0.6) is 0 Å². The summed E-state index contributed by atoms with van der Waals surface area (Å²) in [6.45, 7) is 7.07. The van der Waals surface area contributed by atoms with Crippen LogP contribution in [0.2, 0.25) is 0 Å². The maximum Gasteiger partial charge on any atom is 0.222 e. The van der Waals surface area contributed by atoms with Crippen LogP contribution >= 0.6 is 0 Å². The third-order valence-electron chi connectivity index (χ3n) is 5.83. The second kappa shape index (κ2) is 11.4. The van der Waals surface area contributed by atoms with Gasteiger partial charge < -0.3 is 14.7 Å². The van der Waals surface area contributed by atoms with Crippen molar-refractivity contribution in [3.63, 3.8) is 0 Å². The zero-order chi connectivity index (χ0) is 22.2. The smallest absolute Gasteiger partial charge is 0.222 e. The highest BCUT2D eigenvalue weighted by Gasteiger charge is 2.27. The number of carbonyl (C=O) groups is 1. The van der Waals surface area contributed by atoms with E-state index in [9.17, 15) is 9.90 Å². The SMILES string of the molecule is C[C@H](CO)N1C[C@H](C)[C@H](CN(C)Cc2ccccc2)OCc2cn(nn2)CCCC1=O. The van der Waals surface area contributed by atoms with Crippen molar-refractivity contribution in [3.05, 3.63) is 47.8 Å². The largest absolute Gasteiger partial charge is 0.394 e. The van der Waals surface area contributed by atoms with Crippen LogP contribution in [-0.4, -0.2) is 74.7 Å². The number of fused-ring (bicyclic) bond motifs is 2. The van der Waals surface area contributed by atoms with Gasteiger partial charge in [-0.2, -0.15) is 0 Å². The second-order valence-corrected chi connectivity index (χ2v) is 8.66. The van der Waals surface area contributed by atoms with Crippen LogP contribution in [0.3, 0.4) is 0 Å². The third-order valence-corrected chi connectivity index (χ3v) is 5.83. The molecule has 8 nitrogen and oxygen atoms in total. The molecule has 1 aliphatic heterocycles. The van der Waals surface area contributed by atoms with Crippen molar-refractivity contribution < 1.29 is 14.6 Å². The predicted octanol–water partition coefficient (Wildman–Crippen LogP) is 1.93. The minimum absolute atomic E-state index is 0.0517. The number of carbonyl (C=O) groups excluding carboxylic acids is 1. The third kappa shape index (κ3) is 6.85. The fraction of sp³-hybridized carbons (Fsp3) is 0.609. The van der Waals surface area contributed by atoms with Gasteiger partial charge >= 0.3 is 0 Å². The molecule has 1 aromatic carbocycles. The monoisotopic (exact) mass is 429 g/mol. The van der Waals surface area contributed by atoms with Gasteiger partial charge in [0, 0.05) is 38.5 Å². The number of rotatable bonds is 6. The molecule has 1 amide bonds. The molecule has 0 saturated heterocycles. The average Bonchev–Trinajstić information content (AvgIpc) is 3.22. The van der Waals surface area contributed by atoms with Crippen molar-refractivity contribution in [2.75, 3.05) is 26.7 Å². The first-order valence-corrected chi connectivity index (χ1v) is 11.1. The molecule has 8 heteroatoms. The number of aryl methyl sites for hydroxylation is 1. The molecule has 0 unspecified atom stereocenters. The van der Waals surface area contributed by atoms with E-state index in [1.807, 2.05) is 36.2 Å². The number of benzene rings is 1. The summed E-state index contributed by atoms with van der Waals surface area (Å²) in [6.07, 6.45) is 2.91. The van der Waals surface area contributed by atoms with Gasteiger partial charge in [0.25, 0.3) is 0 Å². The van der Waals surface area contributed by atoms with Gasteiger partial charge in [-0.05, 0) is 26.0 Å². The Morgan fingerprint density at radius 1 is 1.32 bits per heavy atom. The van der Waals surface area contributed by atoms with E-state index in [-0.39, 0.29) is 30.6 Å². The number of aliphatic hydroxyl groups is 1. The number of ether oxygens (including phenoxy) is 1. The van der Waals surface area contributed by atoms with E-state index in [0.717, 1.165) is 18.8 Å². The second-order valence-electron chi connectivity index (χ2n) is 8.66. The molecule has 31 heavy (non-hydrogen) atoms. The Morgan fingerprint density at radius 2 is 2.10 bits per heavy atom. The first-order valence-electron chi connectivity index (χ1n) is 11.1.